The lowest BCUT2D eigenvalue weighted by Crippen LogP contribution is -1.98. The molecular formula is C14H15ClN2O. The molecule has 1 atom stereocenters. The van der Waals surface area contributed by atoms with Crippen molar-refractivity contribution >= 4 is 11.6 Å². The third-order valence-electron chi connectivity index (χ3n) is 2.77. The first-order valence-corrected chi connectivity index (χ1v) is 6.17. The van der Waals surface area contributed by atoms with Gasteiger partial charge in [-0.1, -0.05) is 12.1 Å². The molecule has 0 fully saturated rings. The number of hydrogen-bond acceptors (Lipinski definition) is 3. The van der Waals surface area contributed by atoms with Crippen LogP contribution < -0.4 is 4.74 Å². The number of rotatable bonds is 3. The van der Waals surface area contributed by atoms with Gasteiger partial charge in [0.2, 0.25) is 0 Å². The highest BCUT2D eigenvalue weighted by atomic mass is 35.5. The summed E-state index contributed by atoms with van der Waals surface area (Å²) in [6.45, 7) is 3.86. The Balaban J connectivity index is 2.42. The predicted molar refractivity (Wildman–Crippen MR) is 73.0 cm³/mol. The van der Waals surface area contributed by atoms with Gasteiger partial charge in [0.1, 0.15) is 5.75 Å². The number of nitrogens with zero attached hydrogens (tertiary/aromatic N) is 2. The number of halogens is 1. The van der Waals surface area contributed by atoms with Crippen molar-refractivity contribution in [3.8, 4) is 17.1 Å². The summed E-state index contributed by atoms with van der Waals surface area (Å²) in [5, 5.41) is -0.0793. The highest BCUT2D eigenvalue weighted by molar-refractivity contribution is 6.20. The van der Waals surface area contributed by atoms with Crippen LogP contribution in [0.4, 0.5) is 0 Å². The van der Waals surface area contributed by atoms with Crippen LogP contribution in [0.25, 0.3) is 11.4 Å². The number of aromatic nitrogens is 2. The van der Waals surface area contributed by atoms with Crippen molar-refractivity contribution in [2.75, 3.05) is 7.11 Å². The Kier molecular flexibility index (Phi) is 3.82. The summed E-state index contributed by atoms with van der Waals surface area (Å²) < 4.78 is 5.19. The largest absolute Gasteiger partial charge is 0.497 e. The summed E-state index contributed by atoms with van der Waals surface area (Å²) in [4.78, 5) is 8.84. The molecule has 1 aromatic carbocycles. The molecule has 3 nitrogen and oxygen atoms in total. The molecule has 2 rings (SSSR count). The van der Waals surface area contributed by atoms with Crippen LogP contribution in [0, 0.1) is 6.92 Å². The third-order valence-corrected chi connectivity index (χ3v) is 3.01. The summed E-state index contributed by atoms with van der Waals surface area (Å²) in [6, 6.07) is 7.69. The molecule has 18 heavy (non-hydrogen) atoms. The van der Waals surface area contributed by atoms with Crippen molar-refractivity contribution in [3.05, 3.63) is 41.7 Å². The molecule has 0 bridgehead atoms. The predicted octanol–water partition coefficient (Wildman–Crippen LogP) is 3.76. The average Bonchev–Trinajstić information content (AvgIpc) is 2.38. The maximum Gasteiger partial charge on any atom is 0.159 e. The van der Waals surface area contributed by atoms with Gasteiger partial charge in [-0.05, 0) is 26.0 Å². The molecule has 1 aromatic heterocycles. The van der Waals surface area contributed by atoms with E-state index in [-0.39, 0.29) is 5.38 Å². The molecule has 0 spiro atoms. The molecule has 0 aliphatic heterocycles. The second-order valence-corrected chi connectivity index (χ2v) is 4.74. The van der Waals surface area contributed by atoms with Crippen molar-refractivity contribution in [3.63, 3.8) is 0 Å². The van der Waals surface area contributed by atoms with E-state index in [1.54, 1.807) is 13.3 Å². The van der Waals surface area contributed by atoms with Gasteiger partial charge in [-0.3, -0.25) is 0 Å². The van der Waals surface area contributed by atoms with Crippen LogP contribution in [0.15, 0.2) is 30.5 Å². The van der Waals surface area contributed by atoms with E-state index in [9.17, 15) is 0 Å². The molecule has 0 radical (unpaired) electrons. The summed E-state index contributed by atoms with van der Waals surface area (Å²) >= 11 is 6.05. The van der Waals surface area contributed by atoms with Crippen LogP contribution in [-0.2, 0) is 0 Å². The molecule has 1 unspecified atom stereocenters. The second kappa shape index (κ2) is 5.36. The highest BCUT2D eigenvalue weighted by Gasteiger charge is 2.09. The SMILES string of the molecule is COc1cccc(-c2ncc(C(C)Cl)c(C)n2)c1. The van der Waals surface area contributed by atoms with E-state index in [4.69, 9.17) is 16.3 Å². The van der Waals surface area contributed by atoms with Crippen molar-refractivity contribution < 1.29 is 4.74 Å². The van der Waals surface area contributed by atoms with E-state index in [2.05, 4.69) is 9.97 Å². The van der Waals surface area contributed by atoms with E-state index in [0.29, 0.717) is 5.82 Å². The molecular weight excluding hydrogens is 248 g/mol. The van der Waals surface area contributed by atoms with Gasteiger partial charge in [-0.25, -0.2) is 9.97 Å². The van der Waals surface area contributed by atoms with Crippen LogP contribution >= 0.6 is 11.6 Å². The van der Waals surface area contributed by atoms with E-state index in [1.165, 1.54) is 0 Å². The molecule has 2 aromatic rings. The maximum absolute atomic E-state index is 6.05. The molecule has 0 saturated carbocycles. The van der Waals surface area contributed by atoms with Crippen molar-refractivity contribution in [1.29, 1.82) is 0 Å². The summed E-state index contributed by atoms with van der Waals surface area (Å²) in [7, 11) is 1.64. The standard InChI is InChI=1S/C14H15ClN2O/c1-9(15)13-8-16-14(17-10(13)2)11-5-4-6-12(7-11)18-3/h4-9H,1-3H3. The highest BCUT2D eigenvalue weighted by Crippen LogP contribution is 2.25. The van der Waals surface area contributed by atoms with E-state index >= 15 is 0 Å². The quantitative estimate of drug-likeness (QED) is 0.790. The Morgan fingerprint density at radius 3 is 2.72 bits per heavy atom. The van der Waals surface area contributed by atoms with Gasteiger partial charge in [0.15, 0.2) is 5.82 Å². The molecule has 0 aliphatic carbocycles. The molecule has 4 heteroatoms. The lowest BCUT2D eigenvalue weighted by atomic mass is 10.1. The number of alkyl halides is 1. The van der Waals surface area contributed by atoms with Gasteiger partial charge in [0.25, 0.3) is 0 Å². The van der Waals surface area contributed by atoms with Crippen LogP contribution in [0.3, 0.4) is 0 Å². The Morgan fingerprint density at radius 1 is 1.33 bits per heavy atom. The van der Waals surface area contributed by atoms with Gasteiger partial charge >= 0.3 is 0 Å². The molecule has 0 amide bonds. The summed E-state index contributed by atoms with van der Waals surface area (Å²) in [5.41, 5.74) is 2.81. The monoisotopic (exact) mass is 262 g/mol. The fourth-order valence-electron chi connectivity index (χ4n) is 1.77. The molecule has 0 N–H and O–H groups in total. The summed E-state index contributed by atoms with van der Waals surface area (Å²) in [6.07, 6.45) is 1.79. The average molecular weight is 263 g/mol. The van der Waals surface area contributed by atoms with E-state index < -0.39 is 0 Å². The lowest BCUT2D eigenvalue weighted by Gasteiger charge is -2.09. The Labute approximate surface area is 112 Å². The fourth-order valence-corrected chi connectivity index (χ4v) is 1.98. The smallest absolute Gasteiger partial charge is 0.159 e. The first kappa shape index (κ1) is 12.8. The van der Waals surface area contributed by atoms with Gasteiger partial charge in [0, 0.05) is 23.0 Å². The van der Waals surface area contributed by atoms with Gasteiger partial charge < -0.3 is 4.74 Å². The minimum absolute atomic E-state index is 0.0793. The molecule has 94 valence electrons. The van der Waals surface area contributed by atoms with Crippen molar-refractivity contribution in [1.82, 2.24) is 9.97 Å². The minimum Gasteiger partial charge on any atom is -0.497 e. The van der Waals surface area contributed by atoms with Crippen LogP contribution in [0.2, 0.25) is 0 Å². The van der Waals surface area contributed by atoms with Gasteiger partial charge in [-0.15, -0.1) is 11.6 Å². The first-order chi connectivity index (χ1) is 8.61. The zero-order chi connectivity index (χ0) is 13.1. The minimum atomic E-state index is -0.0793. The third kappa shape index (κ3) is 2.62. The Morgan fingerprint density at radius 2 is 2.11 bits per heavy atom. The van der Waals surface area contributed by atoms with Gasteiger partial charge in [0.05, 0.1) is 12.5 Å². The molecule has 0 saturated heterocycles. The Bertz CT molecular complexity index is 555. The molecule has 1 heterocycles. The zero-order valence-electron chi connectivity index (χ0n) is 10.6. The zero-order valence-corrected chi connectivity index (χ0v) is 11.4. The van der Waals surface area contributed by atoms with Crippen LogP contribution in [-0.4, -0.2) is 17.1 Å². The topological polar surface area (TPSA) is 35.0 Å². The van der Waals surface area contributed by atoms with Crippen molar-refractivity contribution in [2.45, 2.75) is 19.2 Å². The van der Waals surface area contributed by atoms with Crippen LogP contribution in [0.1, 0.15) is 23.6 Å². The molecule has 0 aliphatic rings. The number of hydrogen-bond donors (Lipinski definition) is 0. The summed E-state index contributed by atoms with van der Waals surface area (Å²) in [5.74, 6) is 1.48. The Hall–Kier alpha value is -1.61. The first-order valence-electron chi connectivity index (χ1n) is 5.74. The number of aryl methyl sites for hydroxylation is 1. The fraction of sp³-hybridized carbons (Fsp3) is 0.286. The maximum atomic E-state index is 6.05. The normalized spacial score (nSPS) is 12.2. The number of ether oxygens (including phenoxy) is 1. The van der Waals surface area contributed by atoms with Gasteiger partial charge in [-0.2, -0.15) is 0 Å². The van der Waals surface area contributed by atoms with E-state index in [0.717, 1.165) is 22.6 Å². The lowest BCUT2D eigenvalue weighted by molar-refractivity contribution is 0.415. The number of methoxy groups -OCH3 is 1. The van der Waals surface area contributed by atoms with Crippen LogP contribution in [0.5, 0.6) is 5.75 Å². The number of benzene rings is 1. The van der Waals surface area contributed by atoms with Crippen molar-refractivity contribution in [2.24, 2.45) is 0 Å². The van der Waals surface area contributed by atoms with E-state index in [1.807, 2.05) is 38.1 Å². The second-order valence-electron chi connectivity index (χ2n) is 4.08.